The van der Waals surface area contributed by atoms with Crippen LogP contribution in [0.4, 0.5) is 14.5 Å². The minimum absolute atomic E-state index is 0.0517. The van der Waals surface area contributed by atoms with Crippen LogP contribution in [-0.4, -0.2) is 15.9 Å². The zero-order valence-electron chi connectivity index (χ0n) is 19.0. The van der Waals surface area contributed by atoms with E-state index in [-0.39, 0.29) is 24.3 Å². The predicted octanol–water partition coefficient (Wildman–Crippen LogP) is 6.37. The summed E-state index contributed by atoms with van der Waals surface area (Å²) in [5.41, 5.74) is 4.80. The van der Waals surface area contributed by atoms with E-state index in [1.807, 2.05) is 24.3 Å². The van der Waals surface area contributed by atoms with E-state index in [1.165, 1.54) is 19.1 Å². The second-order valence-electron chi connectivity index (χ2n) is 8.00. The predicted molar refractivity (Wildman–Crippen MR) is 131 cm³/mol. The fourth-order valence-electron chi connectivity index (χ4n) is 3.64. The molecular formula is C28H22F2N4O. The topological polar surface area (TPSA) is 78.7 Å². The van der Waals surface area contributed by atoms with Crippen molar-refractivity contribution in [2.75, 3.05) is 5.32 Å². The first-order chi connectivity index (χ1) is 16.9. The molecule has 0 saturated carbocycles. The van der Waals surface area contributed by atoms with Crippen LogP contribution in [0.15, 0.2) is 85.2 Å². The third-order valence-corrected chi connectivity index (χ3v) is 5.61. The number of nitriles is 1. The number of hydrogen-bond acceptors (Lipinski definition) is 4. The number of carbonyl (C=O) groups is 1. The van der Waals surface area contributed by atoms with Gasteiger partial charge in [0.05, 0.1) is 29.4 Å². The number of hydrogen-bond donors (Lipinski definition) is 1. The Morgan fingerprint density at radius 2 is 1.43 bits per heavy atom. The van der Waals surface area contributed by atoms with Crippen LogP contribution >= 0.6 is 0 Å². The van der Waals surface area contributed by atoms with Gasteiger partial charge in [-0.1, -0.05) is 55.5 Å². The van der Waals surface area contributed by atoms with E-state index in [4.69, 9.17) is 5.26 Å². The standard InChI is InChI=1S/C28H22F2N4O/c1-2-28(29,30)23-11-5-19(6-12-23)17-25(35)34-24-13-9-22(10-14-24)27-26(32-15-16-33-27)21-7-3-20(18-31)4-8-21/h3-16H,2,17H2,1H3,(H,34,35). The minimum Gasteiger partial charge on any atom is -0.326 e. The van der Waals surface area contributed by atoms with Crippen LogP contribution in [0.1, 0.15) is 30.0 Å². The highest BCUT2D eigenvalue weighted by atomic mass is 19.3. The highest BCUT2D eigenvalue weighted by Gasteiger charge is 2.28. The highest BCUT2D eigenvalue weighted by Crippen LogP contribution is 2.31. The van der Waals surface area contributed by atoms with Gasteiger partial charge in [0.1, 0.15) is 0 Å². The van der Waals surface area contributed by atoms with Gasteiger partial charge < -0.3 is 5.32 Å². The largest absolute Gasteiger partial charge is 0.326 e. The molecule has 0 saturated heterocycles. The quantitative estimate of drug-likeness (QED) is 0.342. The molecule has 174 valence electrons. The number of benzene rings is 3. The maximum atomic E-state index is 13.8. The normalized spacial score (nSPS) is 11.0. The van der Waals surface area contributed by atoms with Gasteiger partial charge in [0.15, 0.2) is 0 Å². The van der Waals surface area contributed by atoms with Crippen molar-refractivity contribution in [3.05, 3.63) is 102 Å². The van der Waals surface area contributed by atoms with E-state index in [9.17, 15) is 13.6 Å². The SMILES string of the molecule is CCC(F)(F)c1ccc(CC(=O)Nc2ccc(-c3nccnc3-c3ccc(C#N)cc3)cc2)cc1. The van der Waals surface area contributed by atoms with Crippen LogP contribution in [0, 0.1) is 11.3 Å². The summed E-state index contributed by atoms with van der Waals surface area (Å²) in [6.07, 6.45) is 3.03. The molecule has 7 heteroatoms. The van der Waals surface area contributed by atoms with E-state index in [0.29, 0.717) is 28.2 Å². The fraction of sp³-hybridized carbons (Fsp3) is 0.143. The molecule has 1 amide bonds. The number of nitrogens with one attached hydrogen (secondary N) is 1. The lowest BCUT2D eigenvalue weighted by molar-refractivity contribution is -0.115. The Balaban J connectivity index is 1.45. The van der Waals surface area contributed by atoms with E-state index >= 15 is 0 Å². The Labute approximate surface area is 202 Å². The molecule has 0 unspecified atom stereocenters. The molecule has 1 heterocycles. The molecule has 0 bridgehead atoms. The summed E-state index contributed by atoms with van der Waals surface area (Å²) in [4.78, 5) is 21.4. The number of carbonyl (C=O) groups excluding carboxylic acids is 1. The van der Waals surface area contributed by atoms with Gasteiger partial charge in [-0.25, -0.2) is 8.78 Å². The van der Waals surface area contributed by atoms with Crippen LogP contribution in [0.3, 0.4) is 0 Å². The second-order valence-corrected chi connectivity index (χ2v) is 8.00. The molecule has 0 radical (unpaired) electrons. The number of halogens is 2. The van der Waals surface area contributed by atoms with E-state index in [1.54, 1.807) is 48.8 Å². The highest BCUT2D eigenvalue weighted by molar-refractivity contribution is 5.92. The summed E-state index contributed by atoms with van der Waals surface area (Å²) in [7, 11) is 0. The smallest absolute Gasteiger partial charge is 0.273 e. The van der Waals surface area contributed by atoms with E-state index in [2.05, 4.69) is 21.4 Å². The van der Waals surface area contributed by atoms with E-state index in [0.717, 1.165) is 11.1 Å². The van der Waals surface area contributed by atoms with Crippen molar-refractivity contribution in [2.45, 2.75) is 25.7 Å². The lowest BCUT2D eigenvalue weighted by Gasteiger charge is -2.14. The van der Waals surface area contributed by atoms with Gasteiger partial charge in [-0.15, -0.1) is 0 Å². The molecule has 0 aliphatic carbocycles. The van der Waals surface area contributed by atoms with Crippen LogP contribution in [0.2, 0.25) is 0 Å². The van der Waals surface area contributed by atoms with Crippen molar-refractivity contribution < 1.29 is 13.6 Å². The Morgan fingerprint density at radius 1 is 0.886 bits per heavy atom. The molecule has 0 atom stereocenters. The van der Waals surface area contributed by atoms with Crippen molar-refractivity contribution in [2.24, 2.45) is 0 Å². The molecule has 0 aliphatic heterocycles. The maximum Gasteiger partial charge on any atom is 0.273 e. The van der Waals surface area contributed by atoms with Crippen molar-refractivity contribution in [1.82, 2.24) is 9.97 Å². The molecular weight excluding hydrogens is 446 g/mol. The summed E-state index contributed by atoms with van der Waals surface area (Å²) in [5, 5.41) is 11.8. The molecule has 0 fully saturated rings. The monoisotopic (exact) mass is 468 g/mol. The fourth-order valence-corrected chi connectivity index (χ4v) is 3.64. The molecule has 5 nitrogen and oxygen atoms in total. The molecule has 1 N–H and O–H groups in total. The zero-order chi connectivity index (χ0) is 24.8. The summed E-state index contributed by atoms with van der Waals surface area (Å²) in [6.45, 7) is 1.44. The lowest BCUT2D eigenvalue weighted by atomic mass is 10.0. The Hall–Kier alpha value is -4.44. The maximum absolute atomic E-state index is 13.8. The average Bonchev–Trinajstić information content (AvgIpc) is 2.89. The Kier molecular flexibility index (Phi) is 6.93. The Morgan fingerprint density at radius 3 is 1.94 bits per heavy atom. The molecule has 4 aromatic rings. The van der Waals surface area contributed by atoms with Crippen molar-refractivity contribution in [3.63, 3.8) is 0 Å². The molecule has 4 rings (SSSR count). The van der Waals surface area contributed by atoms with Gasteiger partial charge in [0.25, 0.3) is 5.92 Å². The lowest BCUT2D eigenvalue weighted by Crippen LogP contribution is -2.15. The number of rotatable bonds is 7. The minimum atomic E-state index is -2.87. The van der Waals surface area contributed by atoms with Gasteiger partial charge in [-0.3, -0.25) is 14.8 Å². The summed E-state index contributed by atoms with van der Waals surface area (Å²) < 4.78 is 27.6. The molecule has 0 spiro atoms. The van der Waals surface area contributed by atoms with Crippen molar-refractivity contribution in [1.29, 1.82) is 5.26 Å². The summed E-state index contributed by atoms with van der Waals surface area (Å²) in [6, 6.07) is 22.3. The first-order valence-electron chi connectivity index (χ1n) is 11.1. The molecule has 0 aliphatic rings. The van der Waals surface area contributed by atoms with Gasteiger partial charge in [-0.2, -0.15) is 5.26 Å². The first kappa shape index (κ1) is 23.7. The number of nitrogens with zero attached hydrogens (tertiary/aromatic N) is 3. The number of anilines is 1. The Bertz CT molecular complexity index is 1360. The van der Waals surface area contributed by atoms with Crippen LogP contribution in [0.25, 0.3) is 22.5 Å². The van der Waals surface area contributed by atoms with Crippen LogP contribution < -0.4 is 5.32 Å². The molecule has 35 heavy (non-hydrogen) atoms. The van der Waals surface area contributed by atoms with Gasteiger partial charge in [-0.05, 0) is 29.8 Å². The van der Waals surface area contributed by atoms with Gasteiger partial charge in [0, 0.05) is 41.2 Å². The van der Waals surface area contributed by atoms with Crippen molar-refractivity contribution >= 4 is 11.6 Å². The second kappa shape index (κ2) is 10.2. The average molecular weight is 469 g/mol. The van der Waals surface area contributed by atoms with Crippen LogP contribution in [-0.2, 0) is 17.1 Å². The molecule has 1 aromatic heterocycles. The third kappa shape index (κ3) is 5.56. The molecule has 3 aromatic carbocycles. The first-order valence-corrected chi connectivity index (χ1v) is 11.1. The van der Waals surface area contributed by atoms with Crippen LogP contribution in [0.5, 0.6) is 0 Å². The summed E-state index contributed by atoms with van der Waals surface area (Å²) in [5.74, 6) is -3.11. The zero-order valence-corrected chi connectivity index (χ0v) is 19.0. The number of aromatic nitrogens is 2. The van der Waals surface area contributed by atoms with Crippen molar-refractivity contribution in [3.8, 4) is 28.6 Å². The summed E-state index contributed by atoms with van der Waals surface area (Å²) >= 11 is 0. The van der Waals surface area contributed by atoms with E-state index < -0.39 is 5.92 Å². The number of amides is 1. The third-order valence-electron chi connectivity index (χ3n) is 5.61. The van der Waals surface area contributed by atoms with Gasteiger partial charge >= 0.3 is 0 Å². The van der Waals surface area contributed by atoms with Gasteiger partial charge in [0.2, 0.25) is 5.91 Å². The number of alkyl halides is 2.